The smallest absolute Gasteiger partial charge is 0.246 e. The summed E-state index contributed by atoms with van der Waals surface area (Å²) in [6.45, 7) is 2.08. The molecule has 0 spiro atoms. The van der Waals surface area contributed by atoms with Crippen molar-refractivity contribution >= 4 is 10.0 Å². The molecule has 1 aliphatic rings. The van der Waals surface area contributed by atoms with Gasteiger partial charge in [-0.2, -0.15) is 4.31 Å². The van der Waals surface area contributed by atoms with E-state index in [4.69, 9.17) is 0 Å². The van der Waals surface area contributed by atoms with Crippen molar-refractivity contribution in [3.05, 3.63) is 29.8 Å². The highest BCUT2D eigenvalue weighted by atomic mass is 32.2. The number of hydrogen-bond donors (Lipinski definition) is 1. The van der Waals surface area contributed by atoms with Crippen LogP contribution in [0.5, 0.6) is 0 Å². The van der Waals surface area contributed by atoms with Crippen LogP contribution in [0, 0.1) is 17.6 Å². The molecule has 1 N–H and O–H groups in total. The zero-order valence-electron chi connectivity index (χ0n) is 11.1. The molecule has 1 saturated heterocycles. The van der Waals surface area contributed by atoms with Crippen LogP contribution in [0.4, 0.5) is 8.78 Å². The van der Waals surface area contributed by atoms with Gasteiger partial charge in [0.25, 0.3) is 0 Å². The molecule has 1 aliphatic heterocycles. The van der Waals surface area contributed by atoms with E-state index in [1.165, 1.54) is 0 Å². The van der Waals surface area contributed by atoms with Crippen LogP contribution >= 0.6 is 0 Å². The van der Waals surface area contributed by atoms with Crippen LogP contribution in [0.25, 0.3) is 0 Å². The average molecular weight is 305 g/mol. The van der Waals surface area contributed by atoms with Crippen molar-refractivity contribution in [2.75, 3.05) is 13.1 Å². The molecule has 0 aromatic heterocycles. The first-order valence-electron chi connectivity index (χ1n) is 6.49. The minimum atomic E-state index is -4.07. The summed E-state index contributed by atoms with van der Waals surface area (Å²) >= 11 is 0. The standard InChI is InChI=1S/C13H17F2NO3S/c1-2-9-8-16(6-5-12(9)17)20(18,19)13-7-10(14)3-4-11(13)15/h3-4,7,9,12,17H,2,5-6,8H2,1H3. The van der Waals surface area contributed by atoms with Gasteiger partial charge in [-0.05, 0) is 37.0 Å². The first kappa shape index (κ1) is 15.3. The molecule has 0 bridgehead atoms. The fourth-order valence-corrected chi connectivity index (χ4v) is 4.01. The summed E-state index contributed by atoms with van der Waals surface area (Å²) < 4.78 is 52.7. The predicted molar refractivity (Wildman–Crippen MR) is 69.5 cm³/mol. The number of halogens is 2. The van der Waals surface area contributed by atoms with Crippen LogP contribution in [-0.2, 0) is 10.0 Å². The van der Waals surface area contributed by atoms with Gasteiger partial charge in [0.05, 0.1) is 6.10 Å². The van der Waals surface area contributed by atoms with Crippen molar-refractivity contribution in [1.29, 1.82) is 0 Å². The van der Waals surface area contributed by atoms with E-state index in [1.54, 1.807) is 0 Å². The molecule has 7 heteroatoms. The van der Waals surface area contributed by atoms with E-state index < -0.39 is 32.7 Å². The minimum Gasteiger partial charge on any atom is -0.393 e. The Morgan fingerprint density at radius 3 is 2.75 bits per heavy atom. The number of aliphatic hydroxyl groups excluding tert-OH is 1. The third-order valence-electron chi connectivity index (χ3n) is 3.69. The first-order chi connectivity index (χ1) is 9.36. The summed E-state index contributed by atoms with van der Waals surface area (Å²) in [6, 6.07) is 2.37. The summed E-state index contributed by atoms with van der Waals surface area (Å²) in [5, 5.41) is 9.77. The number of rotatable bonds is 3. The van der Waals surface area contributed by atoms with E-state index in [0.717, 1.165) is 16.4 Å². The van der Waals surface area contributed by atoms with Crippen molar-refractivity contribution in [2.45, 2.75) is 30.8 Å². The van der Waals surface area contributed by atoms with E-state index in [-0.39, 0.29) is 19.0 Å². The second kappa shape index (κ2) is 5.75. The fraction of sp³-hybridized carbons (Fsp3) is 0.538. The quantitative estimate of drug-likeness (QED) is 0.925. The number of aliphatic hydroxyl groups is 1. The van der Waals surface area contributed by atoms with Crippen LogP contribution in [0.1, 0.15) is 19.8 Å². The summed E-state index contributed by atoms with van der Waals surface area (Å²) in [5.74, 6) is -1.95. The number of piperidine rings is 1. The van der Waals surface area contributed by atoms with Gasteiger partial charge in [0, 0.05) is 13.1 Å². The molecule has 1 aromatic carbocycles. The average Bonchev–Trinajstić information content (AvgIpc) is 2.41. The van der Waals surface area contributed by atoms with Crippen LogP contribution < -0.4 is 0 Å². The van der Waals surface area contributed by atoms with Gasteiger partial charge in [-0.25, -0.2) is 17.2 Å². The lowest BCUT2D eigenvalue weighted by Gasteiger charge is -2.34. The maximum Gasteiger partial charge on any atom is 0.246 e. The van der Waals surface area contributed by atoms with Gasteiger partial charge in [0.1, 0.15) is 16.5 Å². The molecule has 0 amide bonds. The van der Waals surface area contributed by atoms with E-state index >= 15 is 0 Å². The largest absolute Gasteiger partial charge is 0.393 e. The predicted octanol–water partition coefficient (Wildman–Crippen LogP) is 1.75. The Labute approximate surface area is 117 Å². The topological polar surface area (TPSA) is 57.6 Å². The molecule has 4 nitrogen and oxygen atoms in total. The number of benzene rings is 1. The van der Waals surface area contributed by atoms with Gasteiger partial charge in [-0.1, -0.05) is 6.92 Å². The molecule has 1 heterocycles. The third kappa shape index (κ3) is 2.84. The zero-order valence-corrected chi connectivity index (χ0v) is 11.9. The normalized spacial score (nSPS) is 24.8. The van der Waals surface area contributed by atoms with E-state index in [9.17, 15) is 22.3 Å². The number of nitrogens with zero attached hydrogens (tertiary/aromatic N) is 1. The highest BCUT2D eigenvalue weighted by molar-refractivity contribution is 7.89. The van der Waals surface area contributed by atoms with Gasteiger partial charge < -0.3 is 5.11 Å². The molecule has 2 unspecified atom stereocenters. The second-order valence-corrected chi connectivity index (χ2v) is 6.87. The molecule has 1 aromatic rings. The fourth-order valence-electron chi connectivity index (χ4n) is 2.42. The summed E-state index contributed by atoms with van der Waals surface area (Å²) in [4.78, 5) is -0.649. The Bertz CT molecular complexity index is 591. The van der Waals surface area contributed by atoms with E-state index in [1.807, 2.05) is 6.92 Å². The molecule has 0 saturated carbocycles. The van der Waals surface area contributed by atoms with Crippen molar-refractivity contribution in [3.63, 3.8) is 0 Å². The summed E-state index contributed by atoms with van der Waals surface area (Å²) in [6.07, 6.45) is 0.372. The first-order valence-corrected chi connectivity index (χ1v) is 7.93. The lowest BCUT2D eigenvalue weighted by atomic mass is 9.94. The highest BCUT2D eigenvalue weighted by Gasteiger charge is 2.35. The molecule has 1 fully saturated rings. The van der Waals surface area contributed by atoms with Gasteiger partial charge in [-0.3, -0.25) is 0 Å². The SMILES string of the molecule is CCC1CN(S(=O)(=O)c2cc(F)ccc2F)CCC1O. The third-order valence-corrected chi connectivity index (χ3v) is 5.57. The maximum absolute atomic E-state index is 13.7. The molecule has 0 aliphatic carbocycles. The van der Waals surface area contributed by atoms with Gasteiger partial charge in [-0.15, -0.1) is 0 Å². The Morgan fingerprint density at radius 2 is 2.10 bits per heavy atom. The number of sulfonamides is 1. The molecular weight excluding hydrogens is 288 g/mol. The zero-order chi connectivity index (χ0) is 14.9. The van der Waals surface area contributed by atoms with Crippen LogP contribution in [0.2, 0.25) is 0 Å². The van der Waals surface area contributed by atoms with Crippen molar-refractivity contribution in [1.82, 2.24) is 4.31 Å². The summed E-state index contributed by atoms with van der Waals surface area (Å²) in [7, 11) is -4.07. The van der Waals surface area contributed by atoms with E-state index in [2.05, 4.69) is 0 Å². The molecule has 2 rings (SSSR count). The van der Waals surface area contributed by atoms with Gasteiger partial charge in [0.2, 0.25) is 10.0 Å². The van der Waals surface area contributed by atoms with Crippen LogP contribution in [-0.4, -0.2) is 37.0 Å². The molecule has 0 radical (unpaired) electrons. The molecule has 20 heavy (non-hydrogen) atoms. The molecular formula is C13H17F2NO3S. The number of hydrogen-bond acceptors (Lipinski definition) is 3. The Hall–Kier alpha value is -1.05. The lowest BCUT2D eigenvalue weighted by Crippen LogP contribution is -2.45. The Kier molecular flexibility index (Phi) is 4.41. The molecule has 2 atom stereocenters. The van der Waals surface area contributed by atoms with Crippen molar-refractivity contribution in [2.24, 2.45) is 5.92 Å². The Morgan fingerprint density at radius 1 is 1.40 bits per heavy atom. The maximum atomic E-state index is 13.7. The van der Waals surface area contributed by atoms with Crippen molar-refractivity contribution in [3.8, 4) is 0 Å². The Balaban J connectivity index is 2.33. The van der Waals surface area contributed by atoms with Crippen molar-refractivity contribution < 1.29 is 22.3 Å². The van der Waals surface area contributed by atoms with Crippen LogP contribution in [0.3, 0.4) is 0 Å². The van der Waals surface area contributed by atoms with Gasteiger partial charge in [0.15, 0.2) is 0 Å². The lowest BCUT2D eigenvalue weighted by molar-refractivity contribution is 0.0520. The van der Waals surface area contributed by atoms with Crippen LogP contribution in [0.15, 0.2) is 23.1 Å². The minimum absolute atomic E-state index is 0.107. The monoisotopic (exact) mass is 305 g/mol. The van der Waals surface area contributed by atoms with Gasteiger partial charge >= 0.3 is 0 Å². The van der Waals surface area contributed by atoms with E-state index in [0.29, 0.717) is 18.9 Å². The second-order valence-electron chi connectivity index (χ2n) is 4.96. The molecule has 112 valence electrons. The highest BCUT2D eigenvalue weighted by Crippen LogP contribution is 2.27. The summed E-state index contributed by atoms with van der Waals surface area (Å²) in [5.41, 5.74) is 0.